The van der Waals surface area contributed by atoms with Crippen molar-refractivity contribution in [3.63, 3.8) is 0 Å². The lowest BCUT2D eigenvalue weighted by molar-refractivity contribution is 0.253. The van der Waals surface area contributed by atoms with Crippen molar-refractivity contribution < 1.29 is 0 Å². The van der Waals surface area contributed by atoms with Gasteiger partial charge < -0.3 is 5.32 Å². The molecule has 0 unspecified atom stereocenters. The summed E-state index contributed by atoms with van der Waals surface area (Å²) in [6.07, 6.45) is 6.70. The standard InChI is InChI=1S/C18H33N3/c1-6-16-7-9-17(10-8-16)21-15(5)18(14(4)20-21)12-19-11-13(2)3/h13,16-17,19H,6-12H2,1-5H3. The molecule has 1 aromatic rings. The van der Waals surface area contributed by atoms with E-state index in [1.165, 1.54) is 49.1 Å². The second-order valence-corrected chi connectivity index (χ2v) is 7.20. The number of hydrogen-bond donors (Lipinski definition) is 1. The zero-order chi connectivity index (χ0) is 15.4. The van der Waals surface area contributed by atoms with Crippen LogP contribution in [0.5, 0.6) is 0 Å². The maximum Gasteiger partial charge on any atom is 0.0641 e. The molecule has 2 rings (SSSR count). The van der Waals surface area contributed by atoms with Gasteiger partial charge in [0.25, 0.3) is 0 Å². The first-order chi connectivity index (χ1) is 10.0. The number of aryl methyl sites for hydroxylation is 1. The number of nitrogens with zero attached hydrogens (tertiary/aromatic N) is 2. The predicted molar refractivity (Wildman–Crippen MR) is 89.5 cm³/mol. The molecule has 0 bridgehead atoms. The van der Waals surface area contributed by atoms with Gasteiger partial charge in [0.2, 0.25) is 0 Å². The third-order valence-corrected chi connectivity index (χ3v) is 5.07. The van der Waals surface area contributed by atoms with Crippen molar-refractivity contribution >= 4 is 0 Å². The third-order valence-electron chi connectivity index (χ3n) is 5.07. The molecule has 0 aliphatic heterocycles. The molecule has 1 N–H and O–H groups in total. The number of aromatic nitrogens is 2. The Hall–Kier alpha value is -0.830. The first-order valence-electron chi connectivity index (χ1n) is 8.78. The van der Waals surface area contributed by atoms with Crippen LogP contribution in [-0.2, 0) is 6.54 Å². The van der Waals surface area contributed by atoms with Crippen LogP contribution in [0.2, 0.25) is 0 Å². The maximum atomic E-state index is 4.86. The highest BCUT2D eigenvalue weighted by atomic mass is 15.3. The molecule has 0 atom stereocenters. The number of rotatable bonds is 6. The first-order valence-corrected chi connectivity index (χ1v) is 8.78. The van der Waals surface area contributed by atoms with Crippen molar-refractivity contribution in [2.75, 3.05) is 6.54 Å². The molecule has 1 aliphatic rings. The van der Waals surface area contributed by atoms with Gasteiger partial charge in [-0.3, -0.25) is 4.68 Å². The van der Waals surface area contributed by atoms with Gasteiger partial charge in [0.15, 0.2) is 0 Å². The van der Waals surface area contributed by atoms with Crippen LogP contribution in [0.25, 0.3) is 0 Å². The van der Waals surface area contributed by atoms with Crippen molar-refractivity contribution in [1.82, 2.24) is 15.1 Å². The van der Waals surface area contributed by atoms with E-state index in [-0.39, 0.29) is 0 Å². The smallest absolute Gasteiger partial charge is 0.0641 e. The molecule has 1 fully saturated rings. The SMILES string of the molecule is CCC1CCC(n2nc(C)c(CNCC(C)C)c2C)CC1. The van der Waals surface area contributed by atoms with E-state index in [0.717, 1.165) is 19.0 Å². The summed E-state index contributed by atoms with van der Waals surface area (Å²) >= 11 is 0. The lowest BCUT2D eigenvalue weighted by Gasteiger charge is -2.28. The molecule has 1 aliphatic carbocycles. The Kier molecular flexibility index (Phi) is 5.86. The fraction of sp³-hybridized carbons (Fsp3) is 0.833. The first kappa shape index (κ1) is 16.5. The van der Waals surface area contributed by atoms with E-state index in [0.29, 0.717) is 12.0 Å². The Labute approximate surface area is 130 Å². The van der Waals surface area contributed by atoms with E-state index < -0.39 is 0 Å². The minimum Gasteiger partial charge on any atom is -0.312 e. The molecule has 1 saturated carbocycles. The quantitative estimate of drug-likeness (QED) is 0.842. The van der Waals surface area contributed by atoms with E-state index in [2.05, 4.69) is 44.6 Å². The fourth-order valence-electron chi connectivity index (χ4n) is 3.59. The van der Waals surface area contributed by atoms with E-state index in [1.807, 2.05) is 0 Å². The molecule has 0 radical (unpaired) electrons. The summed E-state index contributed by atoms with van der Waals surface area (Å²) in [5, 5.41) is 8.42. The lowest BCUT2D eigenvalue weighted by Crippen LogP contribution is -2.21. The largest absolute Gasteiger partial charge is 0.312 e. The number of nitrogens with one attached hydrogen (secondary N) is 1. The molecule has 3 nitrogen and oxygen atoms in total. The third kappa shape index (κ3) is 4.09. The van der Waals surface area contributed by atoms with Gasteiger partial charge in [-0.15, -0.1) is 0 Å². The van der Waals surface area contributed by atoms with Crippen molar-refractivity contribution in [3.8, 4) is 0 Å². The van der Waals surface area contributed by atoms with Crippen molar-refractivity contribution in [3.05, 3.63) is 17.0 Å². The van der Waals surface area contributed by atoms with Crippen molar-refractivity contribution in [1.29, 1.82) is 0 Å². The molecule has 0 spiro atoms. The molecular formula is C18H33N3. The van der Waals surface area contributed by atoms with Gasteiger partial charge in [-0.2, -0.15) is 5.10 Å². The van der Waals surface area contributed by atoms with Gasteiger partial charge in [-0.25, -0.2) is 0 Å². The van der Waals surface area contributed by atoms with Crippen molar-refractivity contribution in [2.24, 2.45) is 11.8 Å². The van der Waals surface area contributed by atoms with Crippen molar-refractivity contribution in [2.45, 2.75) is 79.3 Å². The highest BCUT2D eigenvalue weighted by Gasteiger charge is 2.24. The fourth-order valence-corrected chi connectivity index (χ4v) is 3.59. The van der Waals surface area contributed by atoms with Gasteiger partial charge in [0.05, 0.1) is 11.7 Å². The summed E-state index contributed by atoms with van der Waals surface area (Å²) in [5.74, 6) is 1.65. The minimum absolute atomic E-state index is 0.630. The van der Waals surface area contributed by atoms with Gasteiger partial charge in [-0.05, 0) is 57.9 Å². The van der Waals surface area contributed by atoms with Gasteiger partial charge in [0, 0.05) is 17.8 Å². The second kappa shape index (κ2) is 7.44. The van der Waals surface area contributed by atoms with Crippen LogP contribution < -0.4 is 5.32 Å². The predicted octanol–water partition coefficient (Wildman–Crippen LogP) is 4.39. The summed E-state index contributed by atoms with van der Waals surface area (Å²) in [7, 11) is 0. The van der Waals surface area contributed by atoms with E-state index in [1.54, 1.807) is 0 Å². The Morgan fingerprint density at radius 1 is 1.19 bits per heavy atom. The van der Waals surface area contributed by atoms with Crippen LogP contribution in [0.4, 0.5) is 0 Å². The van der Waals surface area contributed by atoms with Crippen LogP contribution >= 0.6 is 0 Å². The summed E-state index contributed by atoms with van der Waals surface area (Å²) in [6, 6.07) is 0.630. The monoisotopic (exact) mass is 291 g/mol. The van der Waals surface area contributed by atoms with Crippen LogP contribution in [-0.4, -0.2) is 16.3 Å². The number of hydrogen-bond acceptors (Lipinski definition) is 2. The maximum absolute atomic E-state index is 4.86. The van der Waals surface area contributed by atoms with E-state index >= 15 is 0 Å². The van der Waals surface area contributed by atoms with E-state index in [4.69, 9.17) is 5.10 Å². The summed E-state index contributed by atoms with van der Waals surface area (Å²) in [6.45, 7) is 13.3. The average molecular weight is 291 g/mol. The van der Waals surface area contributed by atoms with Crippen LogP contribution in [0, 0.1) is 25.7 Å². The topological polar surface area (TPSA) is 29.9 Å². The zero-order valence-corrected chi connectivity index (χ0v) is 14.6. The molecule has 120 valence electrons. The molecule has 3 heteroatoms. The minimum atomic E-state index is 0.630. The van der Waals surface area contributed by atoms with Crippen LogP contribution in [0.1, 0.15) is 75.9 Å². The molecule has 21 heavy (non-hydrogen) atoms. The van der Waals surface area contributed by atoms with Gasteiger partial charge in [0.1, 0.15) is 0 Å². The Morgan fingerprint density at radius 2 is 1.86 bits per heavy atom. The Morgan fingerprint density at radius 3 is 2.43 bits per heavy atom. The van der Waals surface area contributed by atoms with Crippen LogP contribution in [0.15, 0.2) is 0 Å². The molecule has 0 aromatic carbocycles. The van der Waals surface area contributed by atoms with Crippen LogP contribution in [0.3, 0.4) is 0 Å². The average Bonchev–Trinajstić information content (AvgIpc) is 2.75. The molecular weight excluding hydrogens is 258 g/mol. The Bertz CT molecular complexity index is 440. The molecule has 1 aromatic heterocycles. The molecule has 1 heterocycles. The summed E-state index contributed by atoms with van der Waals surface area (Å²) < 4.78 is 2.33. The zero-order valence-electron chi connectivity index (χ0n) is 14.6. The molecule has 0 amide bonds. The highest BCUT2D eigenvalue weighted by Crippen LogP contribution is 2.34. The normalized spacial score (nSPS) is 23.0. The van der Waals surface area contributed by atoms with Gasteiger partial charge in [-0.1, -0.05) is 27.2 Å². The van der Waals surface area contributed by atoms with Gasteiger partial charge >= 0.3 is 0 Å². The second-order valence-electron chi connectivity index (χ2n) is 7.20. The molecule has 0 saturated heterocycles. The summed E-state index contributed by atoms with van der Waals surface area (Å²) in [4.78, 5) is 0. The van der Waals surface area contributed by atoms with E-state index in [9.17, 15) is 0 Å². The Balaban J connectivity index is 2.01. The highest BCUT2D eigenvalue weighted by molar-refractivity contribution is 5.24. The summed E-state index contributed by atoms with van der Waals surface area (Å²) in [5.41, 5.74) is 4.00. The lowest BCUT2D eigenvalue weighted by atomic mass is 9.84.